The van der Waals surface area contributed by atoms with Gasteiger partial charge in [-0.25, -0.2) is 9.78 Å². The van der Waals surface area contributed by atoms with Crippen molar-refractivity contribution >= 4 is 51.7 Å². The Hall–Kier alpha value is -5.94. The third-order valence-electron chi connectivity index (χ3n) is 12.3. The number of carbonyl (C=O) groups is 3. The van der Waals surface area contributed by atoms with Crippen LogP contribution in [0.25, 0.3) is 22.3 Å². The highest BCUT2D eigenvalue weighted by molar-refractivity contribution is 7.80. The van der Waals surface area contributed by atoms with Crippen molar-refractivity contribution < 1.29 is 58.5 Å². The number of benzene rings is 2. The summed E-state index contributed by atoms with van der Waals surface area (Å²) in [6, 6.07) is 10.1. The minimum Gasteiger partial charge on any atom is -0.486 e. The standard InChI is InChI=1S/C45H53N7O12S.CH4O/c1-4-45(59)30-16-33-38-28(20-52(33)41(57)29(30)21-62-43(45)58)27(26-15-36-37(17-32(26)50-38)61-14-13-60-36)19-47-39(55)22(2)48-40(56)31(7-5-6-12-46)51-44(65)49-24-8-10-25(11-9-24)64-42-35(54)18-34(53)23(3)63-42;1-2/h8-11,15-17,22-23,31,34-35,42,53-54,59H,4-7,12-14,18-21,46H2,1-3H3,(H,47,55)(H,48,56)(H2,49,51,65);2H,1H3/t22-,23-,31-,34-,35?,42+,45-;/m0./s1. The van der Waals surface area contributed by atoms with Gasteiger partial charge in [-0.05, 0) is 100 Å². The maximum atomic E-state index is 14.0. The first-order valence-electron chi connectivity index (χ1n) is 22.2. The number of nitrogens with zero attached hydrogens (tertiary/aromatic N) is 2. The van der Waals surface area contributed by atoms with Crippen LogP contribution in [0.3, 0.4) is 0 Å². The lowest BCUT2D eigenvalue weighted by Gasteiger charge is -2.35. The fourth-order valence-corrected chi connectivity index (χ4v) is 8.76. The molecule has 6 heterocycles. The van der Waals surface area contributed by atoms with Crippen LogP contribution in [0.4, 0.5) is 5.69 Å². The molecule has 1 fully saturated rings. The van der Waals surface area contributed by atoms with E-state index in [4.69, 9.17) is 51.7 Å². The van der Waals surface area contributed by atoms with Gasteiger partial charge in [0, 0.05) is 48.3 Å². The summed E-state index contributed by atoms with van der Waals surface area (Å²) in [7, 11) is 1.00. The molecule has 4 aromatic rings. The van der Waals surface area contributed by atoms with Gasteiger partial charge in [-0.3, -0.25) is 14.4 Å². The quantitative estimate of drug-likeness (QED) is 0.0431. The maximum absolute atomic E-state index is 14.0. The van der Waals surface area contributed by atoms with Crippen LogP contribution < -0.4 is 46.8 Å². The Bertz CT molecular complexity index is 2580. The van der Waals surface area contributed by atoms with Crippen LogP contribution >= 0.6 is 12.2 Å². The summed E-state index contributed by atoms with van der Waals surface area (Å²) in [4.78, 5) is 59.3. The molecular formula is C46H57N7O13S. The molecule has 2 aromatic heterocycles. The largest absolute Gasteiger partial charge is 0.486 e. The average molecular weight is 948 g/mol. The van der Waals surface area contributed by atoms with Crippen molar-refractivity contribution in [2.45, 2.75) is 115 Å². The first kappa shape index (κ1) is 49.0. The van der Waals surface area contributed by atoms with Crippen LogP contribution in [0.15, 0.2) is 47.3 Å². The molecule has 10 N–H and O–H groups in total. The molecule has 67 heavy (non-hydrogen) atoms. The molecule has 21 heteroatoms. The summed E-state index contributed by atoms with van der Waals surface area (Å²) >= 11 is 5.59. The van der Waals surface area contributed by atoms with E-state index in [2.05, 4.69) is 21.3 Å². The Morgan fingerprint density at radius 2 is 1.72 bits per heavy atom. The number of esters is 1. The molecular weight excluding hydrogens is 891 g/mol. The number of hydrogen-bond acceptors (Lipinski definition) is 16. The summed E-state index contributed by atoms with van der Waals surface area (Å²) in [6.07, 6.45) is -1.46. The topological polar surface area (TPSA) is 287 Å². The molecule has 0 bridgehead atoms. The van der Waals surface area contributed by atoms with Gasteiger partial charge in [0.25, 0.3) is 5.56 Å². The number of hydrogen-bond donors (Lipinski definition) is 9. The highest BCUT2D eigenvalue weighted by atomic mass is 32.1. The molecule has 8 rings (SSSR count). The second-order valence-electron chi connectivity index (χ2n) is 16.6. The predicted molar refractivity (Wildman–Crippen MR) is 247 cm³/mol. The summed E-state index contributed by atoms with van der Waals surface area (Å²) in [6.45, 7) is 5.83. The second-order valence-corrected chi connectivity index (χ2v) is 17.0. The van der Waals surface area contributed by atoms with Crippen molar-refractivity contribution in [3.05, 3.63) is 75.1 Å². The summed E-state index contributed by atoms with van der Waals surface area (Å²) < 4.78 is 29.9. The van der Waals surface area contributed by atoms with Gasteiger partial charge in [0.15, 0.2) is 22.2 Å². The summed E-state index contributed by atoms with van der Waals surface area (Å²) in [5, 5.41) is 51.4. The number of nitrogens with two attached hydrogens (primary N) is 1. The van der Waals surface area contributed by atoms with Crippen molar-refractivity contribution in [2.24, 2.45) is 5.73 Å². The molecule has 2 aromatic carbocycles. The van der Waals surface area contributed by atoms with E-state index in [-0.39, 0.29) is 48.8 Å². The Balaban J connectivity index is 0.00000329. The van der Waals surface area contributed by atoms with Crippen LogP contribution in [-0.4, -0.2) is 116 Å². The number of cyclic esters (lactones) is 1. The number of aromatic nitrogens is 2. The maximum Gasteiger partial charge on any atom is 0.343 e. The van der Waals surface area contributed by atoms with E-state index in [9.17, 15) is 34.5 Å². The van der Waals surface area contributed by atoms with E-state index in [1.54, 1.807) is 63.2 Å². The van der Waals surface area contributed by atoms with Crippen LogP contribution in [-0.2, 0) is 49.2 Å². The van der Waals surface area contributed by atoms with Gasteiger partial charge in [0.2, 0.25) is 18.1 Å². The van der Waals surface area contributed by atoms with Gasteiger partial charge in [-0.2, -0.15) is 0 Å². The van der Waals surface area contributed by atoms with E-state index >= 15 is 0 Å². The monoisotopic (exact) mass is 947 g/mol. The molecule has 7 atom stereocenters. The number of unbranched alkanes of at least 4 members (excludes halogenated alkanes) is 1. The van der Waals surface area contributed by atoms with Gasteiger partial charge in [0.05, 0.1) is 41.2 Å². The molecule has 1 unspecified atom stereocenters. The molecule has 4 aliphatic heterocycles. The lowest BCUT2D eigenvalue weighted by molar-refractivity contribution is -0.228. The van der Waals surface area contributed by atoms with Gasteiger partial charge in [-0.15, -0.1) is 0 Å². The van der Waals surface area contributed by atoms with Crippen LogP contribution in [0.2, 0.25) is 0 Å². The van der Waals surface area contributed by atoms with Crippen LogP contribution in [0, 0.1) is 0 Å². The van der Waals surface area contributed by atoms with Crippen molar-refractivity contribution in [2.75, 3.05) is 32.2 Å². The lowest BCUT2D eigenvalue weighted by atomic mass is 9.86. The molecule has 4 aliphatic rings. The normalized spacial score (nSPS) is 22.1. The number of pyridine rings is 2. The molecule has 20 nitrogen and oxygen atoms in total. The summed E-state index contributed by atoms with van der Waals surface area (Å²) in [5.74, 6) is -0.359. The molecule has 0 aliphatic carbocycles. The highest BCUT2D eigenvalue weighted by Crippen LogP contribution is 2.43. The fourth-order valence-electron chi connectivity index (χ4n) is 8.50. The second kappa shape index (κ2) is 20.9. The zero-order chi connectivity index (χ0) is 48.2. The number of anilines is 1. The molecule has 0 saturated carbocycles. The van der Waals surface area contributed by atoms with E-state index in [1.807, 2.05) is 0 Å². The number of carbonyl (C=O) groups excluding carboxylic acids is 3. The molecule has 0 spiro atoms. The van der Waals surface area contributed by atoms with E-state index in [1.165, 1.54) is 4.57 Å². The van der Waals surface area contributed by atoms with Crippen LogP contribution in [0.1, 0.15) is 75.1 Å². The molecule has 2 amide bonds. The fraction of sp³-hybridized carbons (Fsp3) is 0.478. The number of aliphatic hydroxyl groups is 4. The van der Waals surface area contributed by atoms with E-state index in [0.29, 0.717) is 95.4 Å². The van der Waals surface area contributed by atoms with Crippen LogP contribution in [0.5, 0.6) is 17.2 Å². The zero-order valence-corrected chi connectivity index (χ0v) is 38.4. The predicted octanol–water partition coefficient (Wildman–Crippen LogP) is 1.30. The lowest BCUT2D eigenvalue weighted by Crippen LogP contribution is -2.53. The number of aliphatic hydroxyl groups excluding tert-OH is 3. The third kappa shape index (κ3) is 10.2. The van der Waals surface area contributed by atoms with E-state index in [0.717, 1.165) is 7.11 Å². The van der Waals surface area contributed by atoms with Gasteiger partial charge in [0.1, 0.15) is 43.8 Å². The SMILES string of the molecule is CC[C@@]1(O)C(=O)OCc2c1cc1n(c2=O)Cc2c-1nc1cc3c(cc1c2CNC(=O)[C@H](C)NC(=O)[C@H](CCCCN)NC(=S)Nc1ccc(O[C@H]2O[C@@H](C)[C@@H](O)CC2O)cc1)OCCO3.CO. The first-order valence-corrected chi connectivity index (χ1v) is 22.6. The molecule has 0 radical (unpaired) electrons. The Morgan fingerprint density at radius 1 is 1.00 bits per heavy atom. The van der Waals surface area contributed by atoms with Gasteiger partial charge < -0.3 is 75.7 Å². The number of fused-ring (bicyclic) bond motifs is 6. The first-order chi connectivity index (χ1) is 32.2. The number of nitrogens with one attached hydrogen (secondary N) is 4. The minimum atomic E-state index is -2.00. The smallest absolute Gasteiger partial charge is 0.343 e. The van der Waals surface area contributed by atoms with Crippen molar-refractivity contribution in [1.29, 1.82) is 0 Å². The van der Waals surface area contributed by atoms with Gasteiger partial charge >= 0.3 is 5.97 Å². The third-order valence-corrected chi connectivity index (χ3v) is 12.5. The number of rotatable bonds is 14. The number of amides is 2. The minimum absolute atomic E-state index is 0.00745. The van der Waals surface area contributed by atoms with Crippen molar-refractivity contribution in [3.63, 3.8) is 0 Å². The van der Waals surface area contributed by atoms with E-state index < -0.39 is 65.6 Å². The Morgan fingerprint density at radius 3 is 2.42 bits per heavy atom. The Kier molecular flexibility index (Phi) is 15.3. The molecule has 1 saturated heterocycles. The Labute approximate surface area is 391 Å². The van der Waals surface area contributed by atoms with Crippen molar-refractivity contribution in [3.8, 4) is 28.6 Å². The van der Waals surface area contributed by atoms with Gasteiger partial charge in [-0.1, -0.05) is 6.92 Å². The highest BCUT2D eigenvalue weighted by Gasteiger charge is 2.46. The number of thiocarbonyl (C=S) groups is 1. The molecule has 360 valence electrons. The van der Waals surface area contributed by atoms with Crippen molar-refractivity contribution in [1.82, 2.24) is 25.5 Å². The summed E-state index contributed by atoms with van der Waals surface area (Å²) in [5.41, 5.74) is 6.95. The average Bonchev–Trinajstić information content (AvgIpc) is 3.69. The number of ether oxygens (including phenoxy) is 5. The zero-order valence-electron chi connectivity index (χ0n) is 37.6.